The van der Waals surface area contributed by atoms with Gasteiger partial charge in [0.1, 0.15) is 0 Å². The molecule has 0 spiro atoms. The smallest absolute Gasteiger partial charge is 0.335 e. The zero-order valence-corrected chi connectivity index (χ0v) is 28.3. The van der Waals surface area contributed by atoms with E-state index < -0.39 is 5.97 Å². The number of nitrogen functional groups attached to an aromatic ring is 3. The van der Waals surface area contributed by atoms with Gasteiger partial charge in [-0.2, -0.15) is 0 Å². The molecule has 10 N–H and O–H groups in total. The van der Waals surface area contributed by atoms with E-state index >= 15 is 0 Å². The van der Waals surface area contributed by atoms with Gasteiger partial charge in [-0.3, -0.25) is 19.4 Å². The van der Waals surface area contributed by atoms with Crippen LogP contribution in [0.3, 0.4) is 0 Å². The molecule has 0 aliphatic heterocycles. The molecule has 3 amide bonds. The molecule has 0 aliphatic carbocycles. The Hall–Kier alpha value is -6.89. The van der Waals surface area contributed by atoms with E-state index in [-0.39, 0.29) is 23.3 Å². The second-order valence-electron chi connectivity index (χ2n) is 10.6. The molecular formula is C37H42N8O5. The SMILES string of the molecule is CC(=O)Nc1ccc(C(=O)Nc2ccccc2N)cc1.CC(=O)Nc1ccc(C(=O)O)cc1.CN(C)c1ccncc1.Nc1ccccc1N. The average molecular weight is 679 g/mol. The van der Waals surface area contributed by atoms with Gasteiger partial charge in [0.15, 0.2) is 0 Å². The van der Waals surface area contributed by atoms with Crippen molar-refractivity contribution in [1.82, 2.24) is 4.98 Å². The lowest BCUT2D eigenvalue weighted by Crippen LogP contribution is -2.13. The van der Waals surface area contributed by atoms with Crippen LogP contribution in [0.2, 0.25) is 0 Å². The monoisotopic (exact) mass is 678 g/mol. The number of anilines is 7. The molecule has 0 saturated heterocycles. The fourth-order valence-corrected chi connectivity index (χ4v) is 3.77. The number of carboxylic acids is 1. The summed E-state index contributed by atoms with van der Waals surface area (Å²) in [5, 5.41) is 16.5. The minimum atomic E-state index is -0.977. The van der Waals surface area contributed by atoms with Gasteiger partial charge in [-0.25, -0.2) is 4.79 Å². The third kappa shape index (κ3) is 14.7. The zero-order valence-electron chi connectivity index (χ0n) is 28.3. The number of benzene rings is 4. The van der Waals surface area contributed by atoms with Crippen LogP contribution in [0, 0.1) is 0 Å². The van der Waals surface area contributed by atoms with Crippen molar-refractivity contribution in [3.8, 4) is 0 Å². The van der Waals surface area contributed by atoms with Crippen molar-refractivity contribution < 1.29 is 24.3 Å². The summed E-state index contributed by atoms with van der Waals surface area (Å²) in [4.78, 5) is 49.9. The number of nitrogens with zero attached hydrogens (tertiary/aromatic N) is 2. The van der Waals surface area contributed by atoms with Crippen molar-refractivity contribution in [2.75, 3.05) is 52.1 Å². The van der Waals surface area contributed by atoms with Gasteiger partial charge in [0, 0.05) is 63.0 Å². The molecule has 0 atom stereocenters. The quantitative estimate of drug-likeness (QED) is 0.107. The number of aromatic carboxylic acids is 1. The summed E-state index contributed by atoms with van der Waals surface area (Å²) >= 11 is 0. The van der Waals surface area contributed by atoms with E-state index in [0.717, 1.165) is 0 Å². The fourth-order valence-electron chi connectivity index (χ4n) is 3.77. The number of amides is 3. The molecule has 0 bridgehead atoms. The number of carbonyl (C=O) groups excluding carboxylic acids is 3. The highest BCUT2D eigenvalue weighted by molar-refractivity contribution is 6.06. The number of aromatic nitrogens is 1. The Morgan fingerprint density at radius 3 is 1.36 bits per heavy atom. The molecule has 1 aromatic heterocycles. The summed E-state index contributed by atoms with van der Waals surface area (Å²) in [6, 6.07) is 30.8. The van der Waals surface area contributed by atoms with Crippen LogP contribution in [-0.4, -0.2) is 47.9 Å². The van der Waals surface area contributed by atoms with E-state index in [9.17, 15) is 19.2 Å². The number of hydrogen-bond donors (Lipinski definition) is 7. The molecule has 5 aromatic rings. The van der Waals surface area contributed by atoms with E-state index in [4.69, 9.17) is 22.3 Å². The Morgan fingerprint density at radius 1 is 0.580 bits per heavy atom. The molecule has 0 saturated carbocycles. The summed E-state index contributed by atoms with van der Waals surface area (Å²) in [6.07, 6.45) is 3.57. The first-order chi connectivity index (χ1) is 23.8. The standard InChI is InChI=1S/C15H15N3O2.C9H9NO3.C7H10N2.C6H8N2/c1-10(19)17-12-8-6-11(7-9-12)15(20)18-14-5-3-2-4-13(14)16;1-6(11)10-8-4-2-7(3-5-8)9(12)13;1-9(2)7-3-5-8-6-4-7;7-5-3-1-2-4-6(5)8/h2-9H,16H2,1H3,(H,17,19)(H,18,20);2-5H,1H3,(H,10,11)(H,12,13);3-6H,1-2H3;1-4H,7-8H2. The number of para-hydroxylation sites is 4. The number of nitrogens with two attached hydrogens (primary N) is 3. The van der Waals surface area contributed by atoms with Gasteiger partial charge < -0.3 is 43.2 Å². The maximum absolute atomic E-state index is 12.0. The van der Waals surface area contributed by atoms with Crippen LogP contribution in [0.25, 0.3) is 0 Å². The summed E-state index contributed by atoms with van der Waals surface area (Å²) in [5.41, 5.74) is 22.0. The highest BCUT2D eigenvalue weighted by atomic mass is 16.4. The third-order valence-electron chi connectivity index (χ3n) is 6.30. The highest BCUT2D eigenvalue weighted by Gasteiger charge is 2.08. The molecule has 13 heteroatoms. The summed E-state index contributed by atoms with van der Waals surface area (Å²) in [7, 11) is 4.02. The first-order valence-electron chi connectivity index (χ1n) is 15.1. The van der Waals surface area contributed by atoms with Crippen LogP contribution < -0.4 is 38.1 Å². The minimum Gasteiger partial charge on any atom is -0.478 e. The molecule has 0 radical (unpaired) electrons. The number of rotatable bonds is 6. The van der Waals surface area contributed by atoms with E-state index in [1.807, 2.05) is 43.3 Å². The molecule has 0 aliphatic rings. The van der Waals surface area contributed by atoms with Crippen molar-refractivity contribution in [1.29, 1.82) is 0 Å². The van der Waals surface area contributed by atoms with E-state index in [0.29, 0.717) is 39.7 Å². The molecule has 50 heavy (non-hydrogen) atoms. The van der Waals surface area contributed by atoms with Crippen molar-refractivity contribution >= 4 is 63.5 Å². The van der Waals surface area contributed by atoms with Crippen LogP contribution in [0.5, 0.6) is 0 Å². The molecule has 4 aromatic carbocycles. The van der Waals surface area contributed by atoms with Crippen LogP contribution in [0.15, 0.2) is 122 Å². The normalized spacial score (nSPS) is 9.44. The summed E-state index contributed by atoms with van der Waals surface area (Å²) < 4.78 is 0. The van der Waals surface area contributed by atoms with Gasteiger partial charge in [0.25, 0.3) is 5.91 Å². The molecule has 5 rings (SSSR count). The van der Waals surface area contributed by atoms with E-state index in [1.165, 1.54) is 31.7 Å². The lowest BCUT2D eigenvalue weighted by molar-refractivity contribution is -0.115. The second kappa shape index (κ2) is 20.4. The Balaban J connectivity index is 0.000000248. The second-order valence-corrected chi connectivity index (χ2v) is 10.6. The van der Waals surface area contributed by atoms with Gasteiger partial charge >= 0.3 is 5.97 Å². The topological polar surface area (TPSA) is 219 Å². The molecule has 1 heterocycles. The number of carbonyl (C=O) groups is 4. The Morgan fingerprint density at radius 2 is 1.00 bits per heavy atom. The molecular weight excluding hydrogens is 636 g/mol. The zero-order chi connectivity index (χ0) is 37.1. The Labute approximate surface area is 291 Å². The molecule has 0 fully saturated rings. The van der Waals surface area contributed by atoms with Gasteiger partial charge in [-0.15, -0.1) is 0 Å². The van der Waals surface area contributed by atoms with Gasteiger partial charge in [0.2, 0.25) is 11.8 Å². The number of pyridine rings is 1. The van der Waals surface area contributed by atoms with Gasteiger partial charge in [-0.1, -0.05) is 24.3 Å². The van der Waals surface area contributed by atoms with E-state index in [2.05, 4.69) is 20.9 Å². The number of carboxylic acid groups (broad SMARTS) is 1. The van der Waals surface area contributed by atoms with Crippen LogP contribution in [0.1, 0.15) is 34.6 Å². The largest absolute Gasteiger partial charge is 0.478 e. The van der Waals surface area contributed by atoms with Crippen LogP contribution in [-0.2, 0) is 9.59 Å². The first kappa shape index (κ1) is 39.3. The van der Waals surface area contributed by atoms with Crippen molar-refractivity contribution in [3.05, 3.63) is 133 Å². The Bertz CT molecular complexity index is 1810. The minimum absolute atomic E-state index is 0.153. The van der Waals surface area contributed by atoms with Crippen LogP contribution in [0.4, 0.5) is 39.8 Å². The summed E-state index contributed by atoms with van der Waals surface area (Å²) in [6.45, 7) is 2.82. The molecule has 260 valence electrons. The maximum Gasteiger partial charge on any atom is 0.335 e. The lowest BCUT2D eigenvalue weighted by atomic mass is 10.2. The highest BCUT2D eigenvalue weighted by Crippen LogP contribution is 2.18. The molecule has 13 nitrogen and oxygen atoms in total. The van der Waals surface area contributed by atoms with Crippen molar-refractivity contribution in [3.63, 3.8) is 0 Å². The third-order valence-corrected chi connectivity index (χ3v) is 6.30. The summed E-state index contributed by atoms with van der Waals surface area (Å²) in [5.74, 6) is -1.56. The van der Waals surface area contributed by atoms with Crippen molar-refractivity contribution in [2.24, 2.45) is 0 Å². The fraction of sp³-hybridized carbons (Fsp3) is 0.108. The van der Waals surface area contributed by atoms with Crippen LogP contribution >= 0.6 is 0 Å². The number of nitrogens with one attached hydrogen (secondary N) is 3. The first-order valence-corrected chi connectivity index (χ1v) is 15.1. The predicted molar refractivity (Wildman–Crippen MR) is 201 cm³/mol. The average Bonchev–Trinajstić information content (AvgIpc) is 3.08. The van der Waals surface area contributed by atoms with Crippen molar-refractivity contribution in [2.45, 2.75) is 13.8 Å². The maximum atomic E-state index is 12.0. The van der Waals surface area contributed by atoms with Gasteiger partial charge in [-0.05, 0) is 84.9 Å². The predicted octanol–water partition coefficient (Wildman–Crippen LogP) is 5.82. The number of hydrogen-bond acceptors (Lipinski definition) is 9. The Kier molecular flexibility index (Phi) is 16.0. The lowest BCUT2D eigenvalue weighted by Gasteiger charge is -2.10. The molecule has 0 unspecified atom stereocenters. The van der Waals surface area contributed by atoms with Gasteiger partial charge in [0.05, 0.1) is 28.3 Å². The van der Waals surface area contributed by atoms with E-state index in [1.54, 1.807) is 85.2 Å².